The number of carboxylic acid groups (broad SMARTS) is 1. The van der Waals surface area contributed by atoms with Crippen molar-refractivity contribution in [2.75, 3.05) is 5.32 Å². The smallest absolute Gasteiger partial charge is 0.337 e. The Morgan fingerprint density at radius 3 is 2.59 bits per heavy atom. The van der Waals surface area contributed by atoms with E-state index in [9.17, 15) is 14.3 Å². The van der Waals surface area contributed by atoms with Gasteiger partial charge in [0, 0.05) is 5.56 Å². The van der Waals surface area contributed by atoms with E-state index in [1.807, 2.05) is 26.8 Å². The number of nitrogens with one attached hydrogen (secondary N) is 1. The Kier molecular flexibility index (Phi) is 6.12. The molecule has 0 saturated carbocycles. The topological polar surface area (TPSA) is 71.5 Å². The molecule has 5 nitrogen and oxygen atoms in total. The van der Waals surface area contributed by atoms with E-state index in [-0.39, 0.29) is 11.7 Å². The summed E-state index contributed by atoms with van der Waals surface area (Å²) in [5.74, 6) is -0.823. The SMILES string of the molecule is CCc1ccc(Nc2ccc(-c3cc(OC(C)C)ccc3F)nc2)c(C(=O)O)c1. The van der Waals surface area contributed by atoms with Gasteiger partial charge >= 0.3 is 5.97 Å². The first-order valence-electron chi connectivity index (χ1n) is 9.43. The van der Waals surface area contributed by atoms with Crippen LogP contribution in [0.5, 0.6) is 5.75 Å². The quantitative estimate of drug-likeness (QED) is 0.539. The highest BCUT2D eigenvalue weighted by Gasteiger charge is 2.13. The molecule has 29 heavy (non-hydrogen) atoms. The molecule has 1 aromatic heterocycles. The van der Waals surface area contributed by atoms with Crippen LogP contribution in [0.25, 0.3) is 11.3 Å². The largest absolute Gasteiger partial charge is 0.491 e. The van der Waals surface area contributed by atoms with Gasteiger partial charge < -0.3 is 15.2 Å². The number of aromatic carboxylic acids is 1. The number of pyridine rings is 1. The lowest BCUT2D eigenvalue weighted by Crippen LogP contribution is -2.05. The number of nitrogens with zero attached hydrogens (tertiary/aromatic N) is 1. The summed E-state index contributed by atoms with van der Waals surface area (Å²) >= 11 is 0. The van der Waals surface area contributed by atoms with Crippen LogP contribution in [0, 0.1) is 5.82 Å². The maximum atomic E-state index is 14.3. The summed E-state index contributed by atoms with van der Waals surface area (Å²) in [6.45, 7) is 5.78. The van der Waals surface area contributed by atoms with E-state index in [2.05, 4.69) is 10.3 Å². The summed E-state index contributed by atoms with van der Waals surface area (Å²) in [6, 6.07) is 13.3. The standard InChI is InChI=1S/C23H23FN2O3/c1-4-15-5-9-22(19(11-15)23(27)28)26-16-6-10-21(25-13-16)18-12-17(29-14(2)3)7-8-20(18)24/h5-14,26H,4H2,1-3H3,(H,27,28). The van der Waals surface area contributed by atoms with E-state index < -0.39 is 11.8 Å². The lowest BCUT2D eigenvalue weighted by Gasteiger charge is -2.13. The molecule has 2 N–H and O–H groups in total. The van der Waals surface area contributed by atoms with Gasteiger partial charge in [-0.1, -0.05) is 13.0 Å². The lowest BCUT2D eigenvalue weighted by molar-refractivity contribution is 0.0698. The predicted octanol–water partition coefficient (Wildman–Crippen LogP) is 5.68. The van der Waals surface area contributed by atoms with Crippen LogP contribution in [0.2, 0.25) is 0 Å². The van der Waals surface area contributed by atoms with E-state index >= 15 is 0 Å². The minimum absolute atomic E-state index is 0.0182. The fourth-order valence-electron chi connectivity index (χ4n) is 2.93. The van der Waals surface area contributed by atoms with E-state index in [4.69, 9.17) is 4.74 Å². The number of carbonyl (C=O) groups is 1. The van der Waals surface area contributed by atoms with Crippen molar-refractivity contribution >= 4 is 17.3 Å². The molecule has 150 valence electrons. The summed E-state index contributed by atoms with van der Waals surface area (Å²) in [7, 11) is 0. The number of carboxylic acids is 1. The molecular formula is C23H23FN2O3. The van der Waals surface area contributed by atoms with Crippen molar-refractivity contribution in [1.29, 1.82) is 0 Å². The van der Waals surface area contributed by atoms with Gasteiger partial charge in [0.25, 0.3) is 0 Å². The minimum Gasteiger partial charge on any atom is -0.491 e. The number of benzene rings is 2. The van der Waals surface area contributed by atoms with Gasteiger partial charge in [-0.25, -0.2) is 9.18 Å². The number of anilines is 2. The zero-order chi connectivity index (χ0) is 21.0. The normalized spacial score (nSPS) is 10.8. The fraction of sp³-hybridized carbons (Fsp3) is 0.217. The van der Waals surface area contributed by atoms with Gasteiger partial charge in [0.1, 0.15) is 11.6 Å². The van der Waals surface area contributed by atoms with Crippen LogP contribution in [0.3, 0.4) is 0 Å². The Hall–Kier alpha value is -3.41. The molecule has 0 unspecified atom stereocenters. The molecule has 0 aliphatic heterocycles. The number of hydrogen-bond acceptors (Lipinski definition) is 4. The van der Waals surface area contributed by atoms with Crippen LogP contribution >= 0.6 is 0 Å². The minimum atomic E-state index is -1.00. The Morgan fingerprint density at radius 2 is 1.97 bits per heavy atom. The molecule has 2 aromatic carbocycles. The third kappa shape index (κ3) is 4.90. The molecule has 0 atom stereocenters. The second-order valence-electron chi connectivity index (χ2n) is 6.90. The van der Waals surface area contributed by atoms with Crippen LogP contribution in [0.4, 0.5) is 15.8 Å². The summed E-state index contributed by atoms with van der Waals surface area (Å²) < 4.78 is 19.9. The first-order chi connectivity index (χ1) is 13.9. The summed E-state index contributed by atoms with van der Waals surface area (Å²) in [5.41, 5.74) is 3.02. The molecule has 0 spiro atoms. The zero-order valence-corrected chi connectivity index (χ0v) is 16.6. The van der Waals surface area contributed by atoms with Gasteiger partial charge in [0.2, 0.25) is 0 Å². The van der Waals surface area contributed by atoms with Crippen LogP contribution < -0.4 is 10.1 Å². The second-order valence-corrected chi connectivity index (χ2v) is 6.90. The molecule has 0 bridgehead atoms. The van der Waals surface area contributed by atoms with Crippen LogP contribution in [0.15, 0.2) is 54.7 Å². The van der Waals surface area contributed by atoms with E-state index in [1.54, 1.807) is 42.6 Å². The van der Waals surface area contributed by atoms with E-state index in [1.165, 1.54) is 6.07 Å². The predicted molar refractivity (Wildman–Crippen MR) is 111 cm³/mol. The highest BCUT2D eigenvalue weighted by molar-refractivity contribution is 5.95. The molecule has 0 saturated heterocycles. The summed E-state index contributed by atoms with van der Waals surface area (Å²) in [5, 5.41) is 12.5. The molecule has 0 amide bonds. The van der Waals surface area contributed by atoms with Crippen molar-refractivity contribution < 1.29 is 19.0 Å². The summed E-state index contributed by atoms with van der Waals surface area (Å²) in [6.07, 6.45) is 2.28. The van der Waals surface area contributed by atoms with Crippen LogP contribution in [0.1, 0.15) is 36.7 Å². The lowest BCUT2D eigenvalue weighted by atomic mass is 10.1. The van der Waals surface area contributed by atoms with Gasteiger partial charge in [0.15, 0.2) is 0 Å². The Balaban J connectivity index is 1.86. The summed E-state index contributed by atoms with van der Waals surface area (Å²) in [4.78, 5) is 15.9. The number of rotatable bonds is 7. The first-order valence-corrected chi connectivity index (χ1v) is 9.43. The molecule has 1 heterocycles. The van der Waals surface area contributed by atoms with Gasteiger partial charge in [0.05, 0.1) is 34.9 Å². The van der Waals surface area contributed by atoms with Gasteiger partial charge in [-0.15, -0.1) is 0 Å². The Morgan fingerprint density at radius 1 is 1.17 bits per heavy atom. The average molecular weight is 394 g/mol. The molecule has 6 heteroatoms. The number of aryl methyl sites for hydroxylation is 1. The van der Waals surface area contributed by atoms with E-state index in [0.29, 0.717) is 28.4 Å². The third-order valence-corrected chi connectivity index (χ3v) is 4.35. The molecular weight excluding hydrogens is 371 g/mol. The van der Waals surface area contributed by atoms with Crippen molar-refractivity contribution in [3.8, 4) is 17.0 Å². The van der Waals surface area contributed by atoms with Crippen molar-refractivity contribution in [2.24, 2.45) is 0 Å². The Labute approximate surface area is 169 Å². The number of hydrogen-bond donors (Lipinski definition) is 2. The van der Waals surface area contributed by atoms with Gasteiger partial charge in [-0.3, -0.25) is 4.98 Å². The zero-order valence-electron chi connectivity index (χ0n) is 16.6. The van der Waals surface area contributed by atoms with Crippen LogP contribution in [-0.2, 0) is 6.42 Å². The molecule has 3 rings (SSSR count). The second kappa shape index (κ2) is 8.73. The first kappa shape index (κ1) is 20.3. The maximum Gasteiger partial charge on any atom is 0.337 e. The number of aromatic nitrogens is 1. The monoisotopic (exact) mass is 394 g/mol. The van der Waals surface area contributed by atoms with Gasteiger partial charge in [-0.05, 0) is 68.3 Å². The van der Waals surface area contributed by atoms with Crippen LogP contribution in [-0.4, -0.2) is 22.2 Å². The van der Waals surface area contributed by atoms with Crippen molar-refractivity contribution in [3.05, 3.63) is 71.7 Å². The molecule has 0 aliphatic carbocycles. The molecule has 3 aromatic rings. The molecule has 0 radical (unpaired) electrons. The molecule has 0 fully saturated rings. The van der Waals surface area contributed by atoms with E-state index in [0.717, 1.165) is 12.0 Å². The third-order valence-electron chi connectivity index (χ3n) is 4.35. The van der Waals surface area contributed by atoms with Crippen molar-refractivity contribution in [1.82, 2.24) is 4.98 Å². The highest BCUT2D eigenvalue weighted by atomic mass is 19.1. The van der Waals surface area contributed by atoms with Crippen molar-refractivity contribution in [2.45, 2.75) is 33.3 Å². The van der Waals surface area contributed by atoms with Crippen molar-refractivity contribution in [3.63, 3.8) is 0 Å². The number of halogens is 1. The maximum absolute atomic E-state index is 14.3. The average Bonchev–Trinajstić information content (AvgIpc) is 2.70. The van der Waals surface area contributed by atoms with Gasteiger partial charge in [-0.2, -0.15) is 0 Å². The highest BCUT2D eigenvalue weighted by Crippen LogP contribution is 2.28. The fourth-order valence-corrected chi connectivity index (χ4v) is 2.93. The molecule has 0 aliphatic rings. The number of ether oxygens (including phenoxy) is 1. The Bertz CT molecular complexity index is 1020.